The van der Waals surface area contributed by atoms with Crippen molar-refractivity contribution in [2.75, 3.05) is 57.1 Å². The predicted molar refractivity (Wildman–Crippen MR) is 242 cm³/mol. The Balaban J connectivity index is 1.14. The molecule has 7 atom stereocenters. The number of aliphatic imine (C=N–C) groups is 1. The molecular weight excluding hydrogens is 805 g/mol. The van der Waals surface area contributed by atoms with Gasteiger partial charge < -0.3 is 29.4 Å². The molecular formula is C47H64N8O6S. The molecule has 62 heavy (non-hydrogen) atoms. The number of thioether (sulfide) groups is 1. The summed E-state index contributed by atoms with van der Waals surface area (Å²) in [5.41, 5.74) is 7.48. The topological polar surface area (TPSA) is 154 Å². The molecule has 6 bridgehead atoms. The first-order valence-corrected chi connectivity index (χ1v) is 23.8. The molecule has 334 valence electrons. The number of anilines is 1. The molecule has 2 aromatic heterocycles. The van der Waals surface area contributed by atoms with Crippen LogP contribution in [0.15, 0.2) is 35.5 Å². The van der Waals surface area contributed by atoms with Crippen LogP contribution in [0.4, 0.5) is 5.69 Å². The van der Waals surface area contributed by atoms with Gasteiger partial charge in [-0.05, 0) is 80.7 Å². The van der Waals surface area contributed by atoms with E-state index in [2.05, 4.69) is 70.1 Å². The number of esters is 1. The fraction of sp³-hybridized carbons (Fsp3) is 0.638. The number of pyridine rings is 1. The highest BCUT2D eigenvalue weighted by Gasteiger charge is 2.50. The van der Waals surface area contributed by atoms with E-state index < -0.39 is 29.1 Å². The van der Waals surface area contributed by atoms with Crippen LogP contribution in [0.1, 0.15) is 103 Å². The number of carbonyl (C=O) groups excluding carboxylic acids is 3. The zero-order valence-electron chi connectivity index (χ0n) is 37.4. The number of carbonyl (C=O) groups is 3. The number of nitrogens with zero attached hydrogens (tertiary/aromatic N) is 6. The number of nitrogens with one attached hydrogen (secondary N) is 2. The van der Waals surface area contributed by atoms with Crippen molar-refractivity contribution in [1.29, 1.82) is 0 Å². The van der Waals surface area contributed by atoms with Crippen molar-refractivity contribution in [1.82, 2.24) is 30.2 Å². The van der Waals surface area contributed by atoms with Crippen LogP contribution in [-0.4, -0.2) is 117 Å². The van der Waals surface area contributed by atoms with Crippen LogP contribution in [0.5, 0.6) is 0 Å². The molecule has 0 spiro atoms. The molecule has 9 rings (SSSR count). The SMILES string of the molecule is CCn1c(-c2cc(N3CCN(C4CC4)CC3)cnc2[C@H](C)OC)c2c3cc(ccc31)C1CSC(=N1)C[C@H](NC(=O)[C@H]1[C@H](C)[C@@H]1C)C(=O)N1CCC[C@@](O)(N1)C(=O)OCC(C)(C)C2. The number of fused-ring (bicyclic) bond motifs is 5. The molecule has 14 nitrogen and oxygen atoms in total. The minimum atomic E-state index is -2.12. The van der Waals surface area contributed by atoms with E-state index in [1.807, 2.05) is 27.0 Å². The first kappa shape index (κ1) is 43.2. The van der Waals surface area contributed by atoms with Gasteiger partial charge in [0.1, 0.15) is 6.04 Å². The quantitative estimate of drug-likeness (QED) is 0.242. The van der Waals surface area contributed by atoms with Gasteiger partial charge in [-0.3, -0.25) is 29.5 Å². The maximum Gasteiger partial charge on any atom is 0.355 e. The summed E-state index contributed by atoms with van der Waals surface area (Å²) in [6, 6.07) is 8.64. The van der Waals surface area contributed by atoms with Crippen molar-refractivity contribution in [3.05, 3.63) is 47.3 Å². The standard InChI is InChI=1S/C47H64N8O6S/c1-8-54-38-13-10-30-20-33(38)35(42(54)34-21-32(24-48-41(34)29(4)60-7)53-18-16-52(17-19-53)31-11-12-31)23-46(5,6)26-61-45(58)47(59)14-9-15-55(51-47)44(57)36(22-39-49-37(30)25-62-39)50-43(56)40-27(2)28(40)3/h10,13,20-21,24,27-29,31,36-37,40,51,59H,8-9,11-12,14-19,22-23,25-26H2,1-7H3,(H,50,56)/t27-,28+,29-,36-,37?,40+,47-/m0/s1. The number of methoxy groups -OCH3 is 1. The Labute approximate surface area is 369 Å². The Kier molecular flexibility index (Phi) is 11.7. The van der Waals surface area contributed by atoms with E-state index in [0.717, 1.165) is 81.9 Å². The van der Waals surface area contributed by atoms with Crippen molar-refractivity contribution in [3.63, 3.8) is 0 Å². The molecule has 4 aliphatic heterocycles. The van der Waals surface area contributed by atoms with Crippen LogP contribution >= 0.6 is 11.8 Å². The smallest absolute Gasteiger partial charge is 0.355 e. The zero-order chi connectivity index (χ0) is 43.7. The summed E-state index contributed by atoms with van der Waals surface area (Å²) in [5, 5.41) is 18.0. The third kappa shape index (κ3) is 8.28. The van der Waals surface area contributed by atoms with Crippen LogP contribution in [0.25, 0.3) is 22.2 Å². The normalized spacial score (nSPS) is 29.9. The summed E-state index contributed by atoms with van der Waals surface area (Å²) in [5.74, 6) is -0.411. The van der Waals surface area contributed by atoms with Gasteiger partial charge in [0, 0.05) is 98.8 Å². The van der Waals surface area contributed by atoms with Crippen molar-refractivity contribution < 1.29 is 29.0 Å². The molecule has 3 aromatic rings. The number of ether oxygens (including phenoxy) is 2. The summed E-state index contributed by atoms with van der Waals surface area (Å²) < 4.78 is 14.4. The van der Waals surface area contributed by atoms with Gasteiger partial charge in [-0.25, -0.2) is 4.79 Å². The summed E-state index contributed by atoms with van der Waals surface area (Å²) >= 11 is 1.61. The van der Waals surface area contributed by atoms with Crippen molar-refractivity contribution in [2.45, 2.75) is 117 Å². The molecule has 2 saturated heterocycles. The predicted octanol–water partition coefficient (Wildman–Crippen LogP) is 5.62. The van der Waals surface area contributed by atoms with Gasteiger partial charge in [0.05, 0.1) is 47.1 Å². The Morgan fingerprint density at radius 3 is 2.56 bits per heavy atom. The summed E-state index contributed by atoms with van der Waals surface area (Å²) in [7, 11) is 1.73. The number of hydrazine groups is 1. The molecule has 2 amide bonds. The molecule has 3 N–H and O–H groups in total. The molecule has 4 fully saturated rings. The van der Waals surface area contributed by atoms with Crippen LogP contribution in [0.2, 0.25) is 0 Å². The Morgan fingerprint density at radius 1 is 1.11 bits per heavy atom. The average molecular weight is 869 g/mol. The summed E-state index contributed by atoms with van der Waals surface area (Å²) in [6.07, 6.45) is 5.55. The van der Waals surface area contributed by atoms with E-state index in [0.29, 0.717) is 25.1 Å². The molecule has 0 radical (unpaired) electrons. The molecule has 6 heterocycles. The monoisotopic (exact) mass is 868 g/mol. The number of cyclic esters (lactones) is 1. The van der Waals surface area contributed by atoms with Gasteiger partial charge >= 0.3 is 5.97 Å². The molecule has 2 aliphatic carbocycles. The second kappa shape index (κ2) is 16.8. The highest BCUT2D eigenvalue weighted by molar-refractivity contribution is 8.14. The number of hydrogen-bond donors (Lipinski definition) is 3. The van der Waals surface area contributed by atoms with Crippen molar-refractivity contribution in [2.24, 2.45) is 28.2 Å². The lowest BCUT2D eigenvalue weighted by molar-refractivity contribution is -0.189. The van der Waals surface area contributed by atoms with E-state index in [1.165, 1.54) is 17.9 Å². The maximum absolute atomic E-state index is 14.3. The first-order valence-electron chi connectivity index (χ1n) is 22.8. The second-order valence-corrected chi connectivity index (χ2v) is 20.5. The Hall–Kier alpha value is -4.02. The first-order chi connectivity index (χ1) is 29.7. The van der Waals surface area contributed by atoms with Gasteiger partial charge in [0.25, 0.3) is 5.91 Å². The fourth-order valence-electron chi connectivity index (χ4n) is 10.2. The number of benzene rings is 1. The zero-order valence-corrected chi connectivity index (χ0v) is 38.2. The number of aromatic nitrogens is 2. The molecule has 1 unspecified atom stereocenters. The second-order valence-electron chi connectivity index (χ2n) is 19.4. The highest BCUT2D eigenvalue weighted by atomic mass is 32.2. The Bertz CT molecular complexity index is 2260. The number of hydrogen-bond acceptors (Lipinski definition) is 12. The van der Waals surface area contributed by atoms with Gasteiger partial charge in [0.15, 0.2) is 0 Å². The Morgan fingerprint density at radius 2 is 1.87 bits per heavy atom. The van der Waals surface area contributed by atoms with Gasteiger partial charge in [-0.1, -0.05) is 33.8 Å². The summed E-state index contributed by atoms with van der Waals surface area (Å²) in [4.78, 5) is 57.2. The third-order valence-electron chi connectivity index (χ3n) is 14.5. The minimum Gasteiger partial charge on any atom is -0.462 e. The fourth-order valence-corrected chi connectivity index (χ4v) is 11.3. The van der Waals surface area contributed by atoms with E-state index in [4.69, 9.17) is 19.5 Å². The lowest BCUT2D eigenvalue weighted by Crippen LogP contribution is -2.67. The van der Waals surface area contributed by atoms with E-state index in [9.17, 15) is 19.5 Å². The summed E-state index contributed by atoms with van der Waals surface area (Å²) in [6.45, 7) is 17.5. The molecule has 15 heteroatoms. The van der Waals surface area contributed by atoms with E-state index in [-0.39, 0.29) is 61.8 Å². The number of rotatable bonds is 8. The van der Waals surface area contributed by atoms with Crippen LogP contribution in [0, 0.1) is 23.2 Å². The third-order valence-corrected chi connectivity index (χ3v) is 15.5. The maximum atomic E-state index is 14.3. The largest absolute Gasteiger partial charge is 0.462 e. The lowest BCUT2D eigenvalue weighted by atomic mass is 9.84. The van der Waals surface area contributed by atoms with Crippen LogP contribution in [-0.2, 0) is 36.8 Å². The average Bonchev–Trinajstić information content (AvgIpc) is 4.13. The van der Waals surface area contributed by atoms with Crippen LogP contribution in [0.3, 0.4) is 0 Å². The highest BCUT2D eigenvalue weighted by Crippen LogP contribution is 2.46. The minimum absolute atomic E-state index is 0.0238. The molecule has 2 saturated carbocycles. The molecule has 1 aromatic carbocycles. The van der Waals surface area contributed by atoms with Gasteiger partial charge in [-0.2, -0.15) is 5.43 Å². The van der Waals surface area contributed by atoms with Gasteiger partial charge in [0.2, 0.25) is 11.6 Å². The number of aryl methyl sites for hydroxylation is 1. The van der Waals surface area contributed by atoms with Gasteiger partial charge in [-0.15, -0.1) is 11.8 Å². The number of amides is 2. The van der Waals surface area contributed by atoms with E-state index in [1.54, 1.807) is 18.9 Å². The molecule has 6 aliphatic rings. The van der Waals surface area contributed by atoms with Crippen molar-refractivity contribution in [3.8, 4) is 11.3 Å². The lowest BCUT2D eigenvalue weighted by Gasteiger charge is -2.40. The number of piperazine rings is 1. The number of aliphatic hydroxyl groups is 1. The van der Waals surface area contributed by atoms with E-state index >= 15 is 0 Å². The van der Waals surface area contributed by atoms with Crippen molar-refractivity contribution >= 4 is 51.2 Å². The van der Waals surface area contributed by atoms with Crippen LogP contribution < -0.4 is 15.6 Å².